The third kappa shape index (κ3) is 2.97. The Bertz CT molecular complexity index is 422. The van der Waals surface area contributed by atoms with Gasteiger partial charge in [-0.15, -0.1) is 0 Å². The number of hydrogen-bond donors (Lipinski definition) is 1. The van der Waals surface area contributed by atoms with Gasteiger partial charge in [0, 0.05) is 19.3 Å². The summed E-state index contributed by atoms with van der Waals surface area (Å²) >= 11 is 5.86. The van der Waals surface area contributed by atoms with Crippen molar-refractivity contribution in [3.8, 4) is 0 Å². The highest BCUT2D eigenvalue weighted by atomic mass is 35.5. The van der Waals surface area contributed by atoms with Crippen LogP contribution in [0, 0.1) is 5.92 Å². The molecule has 1 atom stereocenters. The van der Waals surface area contributed by atoms with Crippen LogP contribution in [0.2, 0.25) is 5.15 Å². The summed E-state index contributed by atoms with van der Waals surface area (Å²) in [6.07, 6.45) is 4.07. The van der Waals surface area contributed by atoms with Crippen molar-refractivity contribution in [3.63, 3.8) is 0 Å². The van der Waals surface area contributed by atoms with Gasteiger partial charge in [0.15, 0.2) is 6.29 Å². The van der Waals surface area contributed by atoms with Crippen molar-refractivity contribution in [1.82, 2.24) is 9.97 Å². The fourth-order valence-electron chi connectivity index (χ4n) is 2.14. The lowest BCUT2D eigenvalue weighted by molar-refractivity contribution is 0.0622. The van der Waals surface area contributed by atoms with E-state index in [2.05, 4.69) is 22.2 Å². The van der Waals surface area contributed by atoms with E-state index in [9.17, 15) is 4.79 Å². The summed E-state index contributed by atoms with van der Waals surface area (Å²) in [7, 11) is 0. The quantitative estimate of drug-likeness (QED) is 0.670. The SMILES string of the molecule is CC(Nc1ncnc(Cl)c1C=O)C1CCOCC1. The molecule has 18 heavy (non-hydrogen) atoms. The topological polar surface area (TPSA) is 64.1 Å². The van der Waals surface area contributed by atoms with Gasteiger partial charge in [-0.05, 0) is 25.7 Å². The second kappa shape index (κ2) is 6.11. The van der Waals surface area contributed by atoms with E-state index in [1.165, 1.54) is 6.33 Å². The van der Waals surface area contributed by atoms with Gasteiger partial charge >= 0.3 is 0 Å². The van der Waals surface area contributed by atoms with Gasteiger partial charge < -0.3 is 10.1 Å². The molecule has 0 aromatic carbocycles. The van der Waals surface area contributed by atoms with Gasteiger partial charge in [-0.25, -0.2) is 9.97 Å². The number of hydrogen-bond acceptors (Lipinski definition) is 5. The number of anilines is 1. The Labute approximate surface area is 111 Å². The molecule has 2 heterocycles. The van der Waals surface area contributed by atoms with Crippen LogP contribution in [-0.4, -0.2) is 35.5 Å². The van der Waals surface area contributed by atoms with E-state index >= 15 is 0 Å². The first kappa shape index (κ1) is 13.2. The number of carbonyl (C=O) groups excluding carboxylic acids is 1. The number of aldehydes is 1. The number of aromatic nitrogens is 2. The van der Waals surface area contributed by atoms with Gasteiger partial charge in [0.2, 0.25) is 0 Å². The van der Waals surface area contributed by atoms with Crippen LogP contribution >= 0.6 is 11.6 Å². The molecule has 0 spiro atoms. The molecule has 2 rings (SSSR count). The van der Waals surface area contributed by atoms with Gasteiger partial charge in [-0.1, -0.05) is 11.6 Å². The number of nitrogens with zero attached hydrogens (tertiary/aromatic N) is 2. The molecule has 1 fully saturated rings. The lowest BCUT2D eigenvalue weighted by atomic mass is 9.93. The molecule has 0 bridgehead atoms. The zero-order valence-electron chi connectivity index (χ0n) is 10.2. The number of carbonyl (C=O) groups is 1. The average molecular weight is 270 g/mol. The molecule has 1 aromatic heterocycles. The highest BCUT2D eigenvalue weighted by Crippen LogP contribution is 2.23. The highest BCUT2D eigenvalue weighted by molar-refractivity contribution is 6.32. The van der Waals surface area contributed by atoms with Crippen LogP contribution in [-0.2, 0) is 4.74 Å². The maximum absolute atomic E-state index is 11.0. The van der Waals surface area contributed by atoms with Crippen molar-refractivity contribution in [2.24, 2.45) is 5.92 Å². The van der Waals surface area contributed by atoms with Crippen LogP contribution in [0.3, 0.4) is 0 Å². The zero-order valence-corrected chi connectivity index (χ0v) is 11.0. The Morgan fingerprint density at radius 1 is 1.50 bits per heavy atom. The predicted molar refractivity (Wildman–Crippen MR) is 69.1 cm³/mol. The molecule has 5 nitrogen and oxygen atoms in total. The molecular formula is C12H16ClN3O2. The summed E-state index contributed by atoms with van der Waals surface area (Å²) < 4.78 is 5.33. The van der Waals surface area contributed by atoms with Gasteiger partial charge in [0.1, 0.15) is 17.3 Å². The Hall–Kier alpha value is -1.20. The fourth-order valence-corrected chi connectivity index (χ4v) is 2.32. The van der Waals surface area contributed by atoms with Gasteiger partial charge in [0.25, 0.3) is 0 Å². The van der Waals surface area contributed by atoms with Crippen molar-refractivity contribution in [2.45, 2.75) is 25.8 Å². The van der Waals surface area contributed by atoms with Crippen LogP contribution in [0.15, 0.2) is 6.33 Å². The highest BCUT2D eigenvalue weighted by Gasteiger charge is 2.21. The smallest absolute Gasteiger partial charge is 0.156 e. The Morgan fingerprint density at radius 3 is 2.89 bits per heavy atom. The van der Waals surface area contributed by atoms with Gasteiger partial charge in [0.05, 0.1) is 5.56 Å². The third-order valence-corrected chi connectivity index (χ3v) is 3.59. The van der Waals surface area contributed by atoms with E-state index in [1.807, 2.05) is 0 Å². The molecule has 0 amide bonds. The van der Waals surface area contributed by atoms with Gasteiger partial charge in [-0.2, -0.15) is 0 Å². The van der Waals surface area contributed by atoms with E-state index in [4.69, 9.17) is 16.3 Å². The zero-order chi connectivity index (χ0) is 13.0. The molecule has 0 aliphatic carbocycles. The standard InChI is InChI=1S/C12H16ClN3O2/c1-8(9-2-4-18-5-3-9)16-12-10(6-17)11(13)14-7-15-12/h6-9H,2-5H2,1H3,(H,14,15,16). The fraction of sp³-hybridized carbons (Fsp3) is 0.583. The van der Waals surface area contributed by atoms with Crippen LogP contribution < -0.4 is 5.32 Å². The summed E-state index contributed by atoms with van der Waals surface area (Å²) in [5.41, 5.74) is 0.318. The monoisotopic (exact) mass is 269 g/mol. The Morgan fingerprint density at radius 2 is 2.22 bits per heavy atom. The van der Waals surface area contributed by atoms with Crippen molar-refractivity contribution < 1.29 is 9.53 Å². The Balaban J connectivity index is 2.08. The summed E-state index contributed by atoms with van der Waals surface area (Å²) in [6, 6.07) is 0.221. The average Bonchev–Trinajstić information content (AvgIpc) is 2.40. The summed E-state index contributed by atoms with van der Waals surface area (Å²) in [6.45, 7) is 3.67. The van der Waals surface area contributed by atoms with Crippen molar-refractivity contribution >= 4 is 23.7 Å². The maximum atomic E-state index is 11.0. The van der Waals surface area contributed by atoms with Crippen LogP contribution in [0.1, 0.15) is 30.1 Å². The predicted octanol–water partition coefficient (Wildman–Crippen LogP) is 2.17. The number of rotatable bonds is 4. The van der Waals surface area contributed by atoms with E-state index in [1.54, 1.807) is 0 Å². The van der Waals surface area contributed by atoms with Crippen molar-refractivity contribution in [2.75, 3.05) is 18.5 Å². The summed E-state index contributed by atoms with van der Waals surface area (Å²) in [4.78, 5) is 18.9. The van der Waals surface area contributed by atoms with Crippen LogP contribution in [0.25, 0.3) is 0 Å². The van der Waals surface area contributed by atoms with Crippen LogP contribution in [0.5, 0.6) is 0 Å². The molecular weight excluding hydrogens is 254 g/mol. The van der Waals surface area contributed by atoms with Gasteiger partial charge in [-0.3, -0.25) is 4.79 Å². The largest absolute Gasteiger partial charge is 0.381 e. The molecule has 1 aliphatic heterocycles. The minimum Gasteiger partial charge on any atom is -0.381 e. The number of halogens is 1. The third-order valence-electron chi connectivity index (χ3n) is 3.29. The molecule has 1 saturated heterocycles. The number of ether oxygens (including phenoxy) is 1. The van der Waals surface area contributed by atoms with Crippen molar-refractivity contribution in [1.29, 1.82) is 0 Å². The Kier molecular flexibility index (Phi) is 4.49. The maximum Gasteiger partial charge on any atom is 0.156 e. The lowest BCUT2D eigenvalue weighted by Gasteiger charge is -2.28. The second-order valence-electron chi connectivity index (χ2n) is 4.43. The van der Waals surface area contributed by atoms with E-state index < -0.39 is 0 Å². The first-order valence-electron chi connectivity index (χ1n) is 6.02. The second-order valence-corrected chi connectivity index (χ2v) is 4.79. The number of nitrogens with one attached hydrogen (secondary N) is 1. The molecule has 98 valence electrons. The molecule has 1 unspecified atom stereocenters. The minimum atomic E-state index is 0.182. The van der Waals surface area contributed by atoms with E-state index in [-0.39, 0.29) is 11.2 Å². The van der Waals surface area contributed by atoms with E-state index in [0.29, 0.717) is 23.6 Å². The summed E-state index contributed by atoms with van der Waals surface area (Å²) in [5, 5.41) is 3.43. The van der Waals surface area contributed by atoms with E-state index in [0.717, 1.165) is 26.1 Å². The molecule has 1 N–H and O–H groups in total. The molecule has 6 heteroatoms. The normalized spacial score (nSPS) is 18.3. The molecule has 0 radical (unpaired) electrons. The summed E-state index contributed by atoms with van der Waals surface area (Å²) in [5.74, 6) is 1.02. The first-order valence-corrected chi connectivity index (χ1v) is 6.40. The lowest BCUT2D eigenvalue weighted by Crippen LogP contribution is -2.31. The molecule has 1 aliphatic rings. The molecule has 0 saturated carbocycles. The first-order chi connectivity index (χ1) is 8.72. The van der Waals surface area contributed by atoms with Crippen molar-refractivity contribution in [3.05, 3.63) is 17.0 Å². The van der Waals surface area contributed by atoms with Crippen LogP contribution in [0.4, 0.5) is 5.82 Å². The molecule has 1 aromatic rings. The minimum absolute atomic E-state index is 0.182.